The first kappa shape index (κ1) is 22.2. The lowest BCUT2D eigenvalue weighted by molar-refractivity contribution is -0.384. The number of hydrogen-bond donors (Lipinski definition) is 2. The van der Waals surface area contributed by atoms with Gasteiger partial charge in [0.05, 0.1) is 16.2 Å². The van der Waals surface area contributed by atoms with Gasteiger partial charge in [0.15, 0.2) is 0 Å². The normalized spacial score (nSPS) is 10.2. The summed E-state index contributed by atoms with van der Waals surface area (Å²) in [5, 5.41) is 16.4. The van der Waals surface area contributed by atoms with Crippen molar-refractivity contribution in [2.24, 2.45) is 0 Å². The highest BCUT2D eigenvalue weighted by Crippen LogP contribution is 2.24. The molecule has 0 aliphatic rings. The van der Waals surface area contributed by atoms with E-state index in [0.717, 1.165) is 0 Å². The number of nitrogens with one attached hydrogen (secondary N) is 2. The van der Waals surface area contributed by atoms with E-state index in [2.05, 4.69) is 10.6 Å². The van der Waals surface area contributed by atoms with Crippen molar-refractivity contribution >= 4 is 28.9 Å². The molecule has 0 aromatic heterocycles. The highest BCUT2D eigenvalue weighted by atomic mass is 16.6. The van der Waals surface area contributed by atoms with Crippen LogP contribution in [0.4, 0.5) is 17.1 Å². The number of rotatable bonds is 7. The third-order valence-electron chi connectivity index (χ3n) is 4.83. The summed E-state index contributed by atoms with van der Waals surface area (Å²) in [7, 11) is 0. The highest BCUT2D eigenvalue weighted by Gasteiger charge is 2.16. The van der Waals surface area contributed by atoms with Gasteiger partial charge in [0, 0.05) is 23.4 Å². The van der Waals surface area contributed by atoms with E-state index in [1.54, 1.807) is 48.5 Å². The Morgan fingerprint density at radius 3 is 2.12 bits per heavy atom. The van der Waals surface area contributed by atoms with Crippen LogP contribution < -0.4 is 15.4 Å². The van der Waals surface area contributed by atoms with E-state index in [-0.39, 0.29) is 22.5 Å². The zero-order chi connectivity index (χ0) is 23.9. The number of nitrogens with zero attached hydrogens (tertiary/aromatic N) is 1. The SMILES string of the molecule is O=C(Nc1ccccc1C(=O)Nc1ccc(Oc2ccccc2)cc1)c1cccc([N+](=O)[O-])c1. The molecule has 0 saturated carbocycles. The molecule has 8 nitrogen and oxygen atoms in total. The van der Waals surface area contributed by atoms with Gasteiger partial charge in [-0.2, -0.15) is 0 Å². The van der Waals surface area contributed by atoms with Gasteiger partial charge in [-0.1, -0.05) is 36.4 Å². The molecule has 0 atom stereocenters. The summed E-state index contributed by atoms with van der Waals surface area (Å²) < 4.78 is 5.75. The first-order valence-corrected chi connectivity index (χ1v) is 10.3. The van der Waals surface area contributed by atoms with Crippen LogP contribution in [0.15, 0.2) is 103 Å². The molecule has 0 bridgehead atoms. The zero-order valence-corrected chi connectivity index (χ0v) is 17.8. The van der Waals surface area contributed by atoms with Crippen molar-refractivity contribution in [3.63, 3.8) is 0 Å². The molecular formula is C26H19N3O5. The van der Waals surface area contributed by atoms with Crippen molar-refractivity contribution in [2.45, 2.75) is 0 Å². The molecule has 0 aliphatic carbocycles. The molecule has 0 fully saturated rings. The molecule has 0 spiro atoms. The van der Waals surface area contributed by atoms with Crippen LogP contribution >= 0.6 is 0 Å². The molecule has 0 saturated heterocycles. The Hall–Kier alpha value is -4.98. The highest BCUT2D eigenvalue weighted by molar-refractivity contribution is 6.12. The van der Waals surface area contributed by atoms with E-state index in [0.29, 0.717) is 17.2 Å². The average Bonchev–Trinajstić information content (AvgIpc) is 2.86. The Kier molecular flexibility index (Phi) is 6.60. The van der Waals surface area contributed by atoms with Crippen LogP contribution in [0.3, 0.4) is 0 Å². The summed E-state index contributed by atoms with van der Waals surface area (Å²) in [5.41, 5.74) is 0.980. The van der Waals surface area contributed by atoms with Gasteiger partial charge in [-0.15, -0.1) is 0 Å². The number of para-hydroxylation sites is 2. The summed E-state index contributed by atoms with van der Waals surface area (Å²) in [6.07, 6.45) is 0. The van der Waals surface area contributed by atoms with Gasteiger partial charge in [0.1, 0.15) is 11.5 Å². The van der Waals surface area contributed by atoms with Crippen LogP contribution in [0, 0.1) is 10.1 Å². The fraction of sp³-hybridized carbons (Fsp3) is 0. The standard InChI is InChI=1S/C26H19N3O5/c30-25(18-7-6-8-20(17-18)29(32)33)28-24-12-5-4-11-23(24)26(31)27-19-13-15-22(16-14-19)34-21-9-2-1-3-10-21/h1-17H,(H,27,31)(H,28,30). The van der Waals surface area contributed by atoms with Crippen molar-refractivity contribution < 1.29 is 19.2 Å². The lowest BCUT2D eigenvalue weighted by Gasteiger charge is -2.12. The molecule has 0 aliphatic heterocycles. The maximum absolute atomic E-state index is 12.9. The second kappa shape index (κ2) is 10.1. The van der Waals surface area contributed by atoms with Crippen LogP contribution in [0.1, 0.15) is 20.7 Å². The Labute approximate surface area is 195 Å². The van der Waals surface area contributed by atoms with Crippen LogP contribution in [0.5, 0.6) is 11.5 Å². The molecule has 168 valence electrons. The number of nitro benzene ring substituents is 1. The largest absolute Gasteiger partial charge is 0.457 e. The maximum Gasteiger partial charge on any atom is 0.270 e. The molecule has 34 heavy (non-hydrogen) atoms. The number of carbonyl (C=O) groups excluding carboxylic acids is 2. The number of carbonyl (C=O) groups is 2. The first-order valence-electron chi connectivity index (χ1n) is 10.3. The summed E-state index contributed by atoms with van der Waals surface area (Å²) >= 11 is 0. The van der Waals surface area contributed by atoms with Gasteiger partial charge >= 0.3 is 0 Å². The maximum atomic E-state index is 12.9. The minimum atomic E-state index is -0.575. The van der Waals surface area contributed by atoms with E-state index >= 15 is 0 Å². The molecular weight excluding hydrogens is 434 g/mol. The van der Waals surface area contributed by atoms with E-state index in [1.807, 2.05) is 30.3 Å². The predicted molar refractivity (Wildman–Crippen MR) is 128 cm³/mol. The third-order valence-corrected chi connectivity index (χ3v) is 4.83. The Morgan fingerprint density at radius 2 is 1.38 bits per heavy atom. The van der Waals surface area contributed by atoms with Gasteiger partial charge in [-0.05, 0) is 54.6 Å². The molecule has 2 N–H and O–H groups in total. The van der Waals surface area contributed by atoms with Crippen molar-refractivity contribution in [2.75, 3.05) is 10.6 Å². The number of hydrogen-bond acceptors (Lipinski definition) is 5. The molecule has 8 heteroatoms. The number of non-ortho nitro benzene ring substituents is 1. The van der Waals surface area contributed by atoms with Crippen molar-refractivity contribution in [3.05, 3.63) is 124 Å². The number of benzene rings is 4. The van der Waals surface area contributed by atoms with Crippen LogP contribution in [0.25, 0.3) is 0 Å². The predicted octanol–water partition coefficient (Wildman–Crippen LogP) is 5.89. The first-order chi connectivity index (χ1) is 16.5. The summed E-state index contributed by atoms with van der Waals surface area (Å²) in [4.78, 5) is 35.9. The number of nitro groups is 1. The van der Waals surface area contributed by atoms with Crippen molar-refractivity contribution in [3.8, 4) is 11.5 Å². The molecule has 4 aromatic rings. The molecule has 4 aromatic carbocycles. The molecule has 4 rings (SSSR count). The average molecular weight is 453 g/mol. The minimum Gasteiger partial charge on any atom is -0.457 e. The number of anilines is 2. The Balaban J connectivity index is 1.46. The number of amides is 2. The number of ether oxygens (including phenoxy) is 1. The summed E-state index contributed by atoms with van der Waals surface area (Å²) in [6.45, 7) is 0. The van der Waals surface area contributed by atoms with Crippen LogP contribution in [-0.4, -0.2) is 16.7 Å². The lowest BCUT2D eigenvalue weighted by atomic mass is 10.1. The summed E-state index contributed by atoms with van der Waals surface area (Å²) in [5.74, 6) is 0.333. The van der Waals surface area contributed by atoms with Crippen LogP contribution in [-0.2, 0) is 0 Å². The smallest absolute Gasteiger partial charge is 0.270 e. The van der Waals surface area contributed by atoms with E-state index in [1.165, 1.54) is 24.3 Å². The van der Waals surface area contributed by atoms with Crippen molar-refractivity contribution in [1.29, 1.82) is 0 Å². The second-order valence-corrected chi connectivity index (χ2v) is 7.20. The van der Waals surface area contributed by atoms with Gasteiger partial charge < -0.3 is 15.4 Å². The van der Waals surface area contributed by atoms with Crippen LogP contribution in [0.2, 0.25) is 0 Å². The van der Waals surface area contributed by atoms with Gasteiger partial charge in [-0.3, -0.25) is 19.7 Å². The van der Waals surface area contributed by atoms with Gasteiger partial charge in [0.25, 0.3) is 17.5 Å². The fourth-order valence-corrected chi connectivity index (χ4v) is 3.17. The lowest BCUT2D eigenvalue weighted by Crippen LogP contribution is -2.18. The third kappa shape index (κ3) is 5.43. The van der Waals surface area contributed by atoms with E-state index < -0.39 is 16.7 Å². The van der Waals surface area contributed by atoms with Crippen molar-refractivity contribution in [1.82, 2.24) is 0 Å². The second-order valence-electron chi connectivity index (χ2n) is 7.20. The quantitative estimate of drug-likeness (QED) is 0.268. The Bertz CT molecular complexity index is 1340. The zero-order valence-electron chi connectivity index (χ0n) is 17.8. The minimum absolute atomic E-state index is 0.110. The van der Waals surface area contributed by atoms with E-state index in [4.69, 9.17) is 4.74 Å². The van der Waals surface area contributed by atoms with Gasteiger partial charge in [0.2, 0.25) is 0 Å². The monoisotopic (exact) mass is 453 g/mol. The Morgan fingerprint density at radius 1 is 0.706 bits per heavy atom. The molecule has 0 radical (unpaired) electrons. The fourth-order valence-electron chi connectivity index (χ4n) is 3.17. The molecule has 0 unspecified atom stereocenters. The molecule has 2 amide bonds. The topological polar surface area (TPSA) is 111 Å². The van der Waals surface area contributed by atoms with Gasteiger partial charge in [-0.25, -0.2) is 0 Å². The van der Waals surface area contributed by atoms with E-state index in [9.17, 15) is 19.7 Å². The summed E-state index contributed by atoms with van der Waals surface area (Å²) in [6, 6.07) is 28.1. The molecule has 0 heterocycles.